The minimum Gasteiger partial charge on any atom is -0.463 e. The highest BCUT2D eigenvalue weighted by molar-refractivity contribution is 5.07. The van der Waals surface area contributed by atoms with E-state index in [2.05, 4.69) is 55.1 Å². The SMILES string of the molecule is CC(C)CNCc1ccc(CN2CCCN(C)CC2C)o1. The molecule has 0 amide bonds. The fraction of sp³-hybridized carbons (Fsp3) is 0.765. The van der Waals surface area contributed by atoms with Crippen LogP contribution in [0.3, 0.4) is 0 Å². The molecule has 1 fully saturated rings. The van der Waals surface area contributed by atoms with Crippen LogP contribution in [0, 0.1) is 5.92 Å². The molecule has 2 heterocycles. The standard InChI is InChI=1S/C17H31N3O/c1-14(2)10-18-11-16-6-7-17(21-16)13-20-9-5-8-19(4)12-15(20)3/h6-7,14-15,18H,5,8-13H2,1-4H3. The Kier molecular flexibility index (Phi) is 6.27. The lowest BCUT2D eigenvalue weighted by molar-refractivity contribution is 0.180. The number of furan rings is 1. The molecule has 1 aromatic rings. The minimum absolute atomic E-state index is 0.588. The first-order chi connectivity index (χ1) is 10.0. The smallest absolute Gasteiger partial charge is 0.118 e. The van der Waals surface area contributed by atoms with E-state index in [9.17, 15) is 0 Å². The first-order valence-electron chi connectivity index (χ1n) is 8.25. The van der Waals surface area contributed by atoms with Gasteiger partial charge in [0.05, 0.1) is 13.1 Å². The summed E-state index contributed by atoms with van der Waals surface area (Å²) in [7, 11) is 2.21. The van der Waals surface area contributed by atoms with Gasteiger partial charge in [-0.1, -0.05) is 13.8 Å². The third-order valence-electron chi connectivity index (χ3n) is 4.11. The van der Waals surface area contributed by atoms with E-state index >= 15 is 0 Å². The molecule has 1 aliphatic heterocycles. The fourth-order valence-corrected chi connectivity index (χ4v) is 2.94. The van der Waals surface area contributed by atoms with Crippen molar-refractivity contribution in [3.63, 3.8) is 0 Å². The first kappa shape index (κ1) is 16.5. The van der Waals surface area contributed by atoms with Crippen molar-refractivity contribution in [3.05, 3.63) is 23.7 Å². The number of nitrogens with zero attached hydrogens (tertiary/aromatic N) is 2. The summed E-state index contributed by atoms with van der Waals surface area (Å²) in [5.41, 5.74) is 0. The molecule has 0 spiro atoms. The quantitative estimate of drug-likeness (QED) is 0.873. The summed E-state index contributed by atoms with van der Waals surface area (Å²) in [5, 5.41) is 3.43. The molecule has 1 aliphatic rings. The maximum absolute atomic E-state index is 5.97. The maximum Gasteiger partial charge on any atom is 0.118 e. The number of rotatable bonds is 6. The van der Waals surface area contributed by atoms with Gasteiger partial charge in [-0.25, -0.2) is 0 Å². The zero-order valence-electron chi connectivity index (χ0n) is 14.1. The van der Waals surface area contributed by atoms with Gasteiger partial charge in [0, 0.05) is 19.1 Å². The van der Waals surface area contributed by atoms with E-state index in [0.29, 0.717) is 12.0 Å². The average Bonchev–Trinajstić information content (AvgIpc) is 2.77. The Morgan fingerprint density at radius 1 is 1.29 bits per heavy atom. The molecule has 1 N–H and O–H groups in total. The lowest BCUT2D eigenvalue weighted by Crippen LogP contribution is -2.37. The summed E-state index contributed by atoms with van der Waals surface area (Å²) in [6.45, 7) is 13.0. The van der Waals surface area contributed by atoms with Gasteiger partial charge in [-0.2, -0.15) is 0 Å². The first-order valence-corrected chi connectivity index (χ1v) is 8.25. The van der Waals surface area contributed by atoms with Gasteiger partial charge in [0.2, 0.25) is 0 Å². The Labute approximate surface area is 129 Å². The lowest BCUT2D eigenvalue weighted by atomic mass is 10.2. The van der Waals surface area contributed by atoms with E-state index in [1.54, 1.807) is 0 Å². The number of nitrogens with one attached hydrogen (secondary N) is 1. The van der Waals surface area contributed by atoms with Crippen molar-refractivity contribution >= 4 is 0 Å². The monoisotopic (exact) mass is 293 g/mol. The van der Waals surface area contributed by atoms with Gasteiger partial charge in [-0.3, -0.25) is 4.90 Å². The van der Waals surface area contributed by atoms with Crippen LogP contribution in [0.25, 0.3) is 0 Å². The molecule has 2 rings (SSSR count). The van der Waals surface area contributed by atoms with Gasteiger partial charge in [0.15, 0.2) is 0 Å². The molecule has 4 heteroatoms. The highest BCUT2D eigenvalue weighted by atomic mass is 16.3. The van der Waals surface area contributed by atoms with Crippen LogP contribution in [0.15, 0.2) is 16.5 Å². The second-order valence-corrected chi connectivity index (χ2v) is 6.83. The van der Waals surface area contributed by atoms with Gasteiger partial charge >= 0.3 is 0 Å². The zero-order chi connectivity index (χ0) is 15.2. The molecule has 21 heavy (non-hydrogen) atoms. The van der Waals surface area contributed by atoms with Crippen molar-refractivity contribution in [1.82, 2.24) is 15.1 Å². The van der Waals surface area contributed by atoms with Crippen LogP contribution in [-0.4, -0.2) is 49.1 Å². The molecule has 120 valence electrons. The molecular formula is C17H31N3O. The van der Waals surface area contributed by atoms with E-state index in [4.69, 9.17) is 4.42 Å². The summed E-state index contributed by atoms with van der Waals surface area (Å²) in [6, 6.07) is 4.83. The van der Waals surface area contributed by atoms with Crippen molar-refractivity contribution in [2.24, 2.45) is 5.92 Å². The molecular weight excluding hydrogens is 262 g/mol. The van der Waals surface area contributed by atoms with E-state index in [1.807, 2.05) is 0 Å². The molecule has 1 saturated heterocycles. The van der Waals surface area contributed by atoms with Crippen LogP contribution in [0.2, 0.25) is 0 Å². The lowest BCUT2D eigenvalue weighted by Gasteiger charge is -2.26. The summed E-state index contributed by atoms with van der Waals surface area (Å²) in [4.78, 5) is 4.96. The molecule has 0 radical (unpaired) electrons. The molecule has 1 aromatic heterocycles. The highest BCUT2D eigenvalue weighted by Crippen LogP contribution is 2.15. The third-order valence-corrected chi connectivity index (χ3v) is 4.11. The van der Waals surface area contributed by atoms with Crippen molar-refractivity contribution in [2.75, 3.05) is 33.2 Å². The maximum atomic E-state index is 5.97. The Bertz CT molecular complexity index is 416. The van der Waals surface area contributed by atoms with Crippen LogP contribution >= 0.6 is 0 Å². The summed E-state index contributed by atoms with van der Waals surface area (Å²) in [5.74, 6) is 2.81. The van der Waals surface area contributed by atoms with Crippen LogP contribution < -0.4 is 5.32 Å². The third kappa shape index (κ3) is 5.46. The average molecular weight is 293 g/mol. The Balaban J connectivity index is 1.83. The van der Waals surface area contributed by atoms with Crippen LogP contribution in [0.4, 0.5) is 0 Å². The zero-order valence-corrected chi connectivity index (χ0v) is 14.1. The van der Waals surface area contributed by atoms with Crippen LogP contribution in [0.5, 0.6) is 0 Å². The second-order valence-electron chi connectivity index (χ2n) is 6.83. The van der Waals surface area contributed by atoms with Gasteiger partial charge < -0.3 is 14.6 Å². The van der Waals surface area contributed by atoms with E-state index in [0.717, 1.165) is 44.2 Å². The largest absolute Gasteiger partial charge is 0.463 e. The summed E-state index contributed by atoms with van der Waals surface area (Å²) >= 11 is 0. The fourth-order valence-electron chi connectivity index (χ4n) is 2.94. The van der Waals surface area contributed by atoms with Crippen LogP contribution in [0.1, 0.15) is 38.7 Å². The predicted molar refractivity (Wildman–Crippen MR) is 87.2 cm³/mol. The second kappa shape index (κ2) is 7.97. The number of hydrogen-bond acceptors (Lipinski definition) is 4. The van der Waals surface area contributed by atoms with Crippen molar-refractivity contribution in [2.45, 2.75) is 46.3 Å². The minimum atomic E-state index is 0.588. The number of hydrogen-bond donors (Lipinski definition) is 1. The molecule has 1 unspecified atom stereocenters. The molecule has 0 bridgehead atoms. The van der Waals surface area contributed by atoms with E-state index in [-0.39, 0.29) is 0 Å². The van der Waals surface area contributed by atoms with Gasteiger partial charge in [0.1, 0.15) is 11.5 Å². The van der Waals surface area contributed by atoms with Gasteiger partial charge in [0.25, 0.3) is 0 Å². The van der Waals surface area contributed by atoms with Gasteiger partial charge in [-0.15, -0.1) is 0 Å². The number of likely N-dealkylation sites (N-methyl/N-ethyl adjacent to an activating group) is 1. The van der Waals surface area contributed by atoms with Crippen LogP contribution in [-0.2, 0) is 13.1 Å². The Morgan fingerprint density at radius 2 is 2.05 bits per heavy atom. The highest BCUT2D eigenvalue weighted by Gasteiger charge is 2.20. The van der Waals surface area contributed by atoms with Gasteiger partial charge in [-0.05, 0) is 51.5 Å². The van der Waals surface area contributed by atoms with Crippen molar-refractivity contribution in [1.29, 1.82) is 0 Å². The van der Waals surface area contributed by atoms with E-state index in [1.165, 1.54) is 13.0 Å². The predicted octanol–water partition coefficient (Wildman–Crippen LogP) is 2.55. The topological polar surface area (TPSA) is 31.6 Å². The van der Waals surface area contributed by atoms with Crippen molar-refractivity contribution < 1.29 is 4.42 Å². The summed E-state index contributed by atoms with van der Waals surface area (Å²) < 4.78 is 5.97. The van der Waals surface area contributed by atoms with E-state index < -0.39 is 0 Å². The molecule has 0 saturated carbocycles. The summed E-state index contributed by atoms with van der Waals surface area (Å²) in [6.07, 6.45) is 1.24. The normalized spacial score (nSPS) is 21.9. The Morgan fingerprint density at radius 3 is 2.81 bits per heavy atom. The Hall–Kier alpha value is -0.840. The molecule has 0 aromatic carbocycles. The van der Waals surface area contributed by atoms with Crippen molar-refractivity contribution in [3.8, 4) is 0 Å². The molecule has 1 atom stereocenters. The molecule has 0 aliphatic carbocycles. The molecule has 4 nitrogen and oxygen atoms in total.